The number of nitrogens with zero attached hydrogens (tertiary/aromatic N) is 1. The van der Waals surface area contributed by atoms with Crippen LogP contribution < -0.4 is 4.74 Å². The van der Waals surface area contributed by atoms with E-state index in [0.717, 1.165) is 23.4 Å². The summed E-state index contributed by atoms with van der Waals surface area (Å²) in [5.74, 6) is 0.847. The standard InChI is InChI=1S/C16H17NO/c1-3-13-7-9-15(10-8-13)17-12-14-5-4-6-16(11-14)18-2/h4-12H,3H2,1-2H3. The van der Waals surface area contributed by atoms with E-state index in [1.807, 2.05) is 42.6 Å². The van der Waals surface area contributed by atoms with Crippen LogP contribution in [0.4, 0.5) is 5.69 Å². The van der Waals surface area contributed by atoms with Crippen molar-refractivity contribution < 1.29 is 4.74 Å². The molecule has 0 spiro atoms. The molecule has 0 aliphatic heterocycles. The fraction of sp³-hybridized carbons (Fsp3) is 0.188. The van der Waals surface area contributed by atoms with Crippen molar-refractivity contribution in [1.29, 1.82) is 0 Å². The lowest BCUT2D eigenvalue weighted by Crippen LogP contribution is -1.85. The Morgan fingerprint density at radius 2 is 1.89 bits per heavy atom. The summed E-state index contributed by atoms with van der Waals surface area (Å²) < 4.78 is 5.18. The highest BCUT2D eigenvalue weighted by Gasteiger charge is 1.93. The molecule has 0 aliphatic carbocycles. The third-order valence-electron chi connectivity index (χ3n) is 2.80. The molecule has 0 atom stereocenters. The van der Waals surface area contributed by atoms with Gasteiger partial charge in [0.2, 0.25) is 0 Å². The second kappa shape index (κ2) is 6.01. The minimum atomic E-state index is 0.847. The third-order valence-corrected chi connectivity index (χ3v) is 2.80. The summed E-state index contributed by atoms with van der Waals surface area (Å²) in [4.78, 5) is 4.45. The molecule has 18 heavy (non-hydrogen) atoms. The number of ether oxygens (including phenoxy) is 1. The topological polar surface area (TPSA) is 21.6 Å². The molecule has 0 fully saturated rings. The maximum Gasteiger partial charge on any atom is 0.119 e. The molecule has 0 bridgehead atoms. The molecular formula is C16H17NO. The molecule has 2 nitrogen and oxygen atoms in total. The summed E-state index contributed by atoms with van der Waals surface area (Å²) in [6, 6.07) is 16.1. The first-order chi connectivity index (χ1) is 8.81. The van der Waals surface area contributed by atoms with E-state index >= 15 is 0 Å². The average molecular weight is 239 g/mol. The summed E-state index contributed by atoms with van der Waals surface area (Å²) in [5, 5.41) is 0. The Morgan fingerprint density at radius 1 is 1.11 bits per heavy atom. The average Bonchev–Trinajstić information content (AvgIpc) is 2.46. The SMILES string of the molecule is CCc1ccc(N=Cc2cccc(OC)c2)cc1. The van der Waals surface area contributed by atoms with E-state index in [0.29, 0.717) is 0 Å². The molecular weight excluding hydrogens is 222 g/mol. The van der Waals surface area contributed by atoms with Gasteiger partial charge in [-0.15, -0.1) is 0 Å². The number of rotatable bonds is 4. The van der Waals surface area contributed by atoms with Crippen molar-refractivity contribution in [2.45, 2.75) is 13.3 Å². The molecule has 2 aromatic carbocycles. The van der Waals surface area contributed by atoms with Crippen LogP contribution in [0.5, 0.6) is 5.75 Å². The lowest BCUT2D eigenvalue weighted by atomic mass is 10.1. The Kier molecular flexibility index (Phi) is 4.13. The van der Waals surface area contributed by atoms with Crippen molar-refractivity contribution in [3.05, 3.63) is 59.7 Å². The van der Waals surface area contributed by atoms with E-state index in [1.54, 1.807) is 7.11 Å². The molecule has 92 valence electrons. The van der Waals surface area contributed by atoms with Crippen molar-refractivity contribution in [3.63, 3.8) is 0 Å². The van der Waals surface area contributed by atoms with Gasteiger partial charge in [0.25, 0.3) is 0 Å². The van der Waals surface area contributed by atoms with Crippen LogP contribution in [0.1, 0.15) is 18.1 Å². The Labute approximate surface area is 108 Å². The Morgan fingerprint density at radius 3 is 2.56 bits per heavy atom. The first-order valence-corrected chi connectivity index (χ1v) is 6.09. The van der Waals surface area contributed by atoms with Gasteiger partial charge in [0.05, 0.1) is 12.8 Å². The molecule has 0 saturated carbocycles. The normalized spacial score (nSPS) is 10.8. The largest absolute Gasteiger partial charge is 0.497 e. The van der Waals surface area contributed by atoms with E-state index in [-0.39, 0.29) is 0 Å². The molecule has 2 heteroatoms. The van der Waals surface area contributed by atoms with Gasteiger partial charge in [0.15, 0.2) is 0 Å². The molecule has 0 saturated heterocycles. The fourth-order valence-corrected chi connectivity index (χ4v) is 1.69. The Bertz CT molecular complexity index is 529. The van der Waals surface area contributed by atoms with Crippen molar-refractivity contribution >= 4 is 11.9 Å². The van der Waals surface area contributed by atoms with Crippen LogP contribution in [-0.2, 0) is 6.42 Å². The smallest absolute Gasteiger partial charge is 0.119 e. The van der Waals surface area contributed by atoms with Gasteiger partial charge in [-0.25, -0.2) is 0 Å². The van der Waals surface area contributed by atoms with Crippen molar-refractivity contribution in [3.8, 4) is 5.75 Å². The Hall–Kier alpha value is -2.09. The van der Waals surface area contributed by atoms with E-state index in [9.17, 15) is 0 Å². The molecule has 0 amide bonds. The second-order valence-corrected chi connectivity index (χ2v) is 4.05. The maximum absolute atomic E-state index is 5.18. The van der Waals surface area contributed by atoms with Gasteiger partial charge in [-0.2, -0.15) is 0 Å². The summed E-state index contributed by atoms with van der Waals surface area (Å²) in [7, 11) is 1.67. The molecule has 0 heterocycles. The van der Waals surface area contributed by atoms with E-state index in [1.165, 1.54) is 5.56 Å². The van der Waals surface area contributed by atoms with Crippen molar-refractivity contribution in [1.82, 2.24) is 0 Å². The summed E-state index contributed by atoms with van der Waals surface area (Å²) in [6.45, 7) is 2.15. The van der Waals surface area contributed by atoms with Crippen LogP contribution in [0.3, 0.4) is 0 Å². The van der Waals surface area contributed by atoms with Crippen LogP contribution in [0.15, 0.2) is 53.5 Å². The number of aryl methyl sites for hydroxylation is 1. The van der Waals surface area contributed by atoms with Crippen LogP contribution in [0.25, 0.3) is 0 Å². The molecule has 2 rings (SSSR count). The van der Waals surface area contributed by atoms with Crippen molar-refractivity contribution in [2.24, 2.45) is 4.99 Å². The minimum absolute atomic E-state index is 0.847. The molecule has 0 aromatic heterocycles. The van der Waals surface area contributed by atoms with Crippen LogP contribution in [-0.4, -0.2) is 13.3 Å². The second-order valence-electron chi connectivity index (χ2n) is 4.05. The lowest BCUT2D eigenvalue weighted by Gasteiger charge is -2.00. The lowest BCUT2D eigenvalue weighted by molar-refractivity contribution is 0.415. The third kappa shape index (κ3) is 3.20. The number of methoxy groups -OCH3 is 1. The van der Waals surface area contributed by atoms with Crippen LogP contribution in [0.2, 0.25) is 0 Å². The van der Waals surface area contributed by atoms with Gasteiger partial charge < -0.3 is 4.74 Å². The number of benzene rings is 2. The summed E-state index contributed by atoms with van der Waals surface area (Å²) in [5.41, 5.74) is 3.33. The highest BCUT2D eigenvalue weighted by atomic mass is 16.5. The number of hydrogen-bond donors (Lipinski definition) is 0. The molecule has 0 radical (unpaired) electrons. The quantitative estimate of drug-likeness (QED) is 0.739. The number of hydrogen-bond acceptors (Lipinski definition) is 2. The van der Waals surface area contributed by atoms with Gasteiger partial charge in [0, 0.05) is 6.21 Å². The van der Waals surface area contributed by atoms with Gasteiger partial charge in [-0.1, -0.05) is 31.2 Å². The zero-order valence-corrected chi connectivity index (χ0v) is 10.8. The Balaban J connectivity index is 2.13. The number of aliphatic imine (C=N–C) groups is 1. The van der Waals surface area contributed by atoms with Gasteiger partial charge in [-0.05, 0) is 41.8 Å². The van der Waals surface area contributed by atoms with Crippen molar-refractivity contribution in [2.75, 3.05) is 7.11 Å². The summed E-state index contributed by atoms with van der Waals surface area (Å²) >= 11 is 0. The molecule has 0 unspecified atom stereocenters. The van der Waals surface area contributed by atoms with Crippen LogP contribution in [0, 0.1) is 0 Å². The van der Waals surface area contributed by atoms with E-state index in [4.69, 9.17) is 4.74 Å². The molecule has 2 aromatic rings. The molecule has 0 N–H and O–H groups in total. The minimum Gasteiger partial charge on any atom is -0.497 e. The van der Waals surface area contributed by atoms with Gasteiger partial charge in [0.1, 0.15) is 5.75 Å². The highest BCUT2D eigenvalue weighted by Crippen LogP contribution is 2.15. The van der Waals surface area contributed by atoms with Gasteiger partial charge in [-0.3, -0.25) is 4.99 Å². The molecule has 0 aliphatic rings. The zero-order chi connectivity index (χ0) is 12.8. The first kappa shape index (κ1) is 12.4. The fourth-order valence-electron chi connectivity index (χ4n) is 1.69. The monoisotopic (exact) mass is 239 g/mol. The first-order valence-electron chi connectivity index (χ1n) is 6.09. The van der Waals surface area contributed by atoms with Crippen LogP contribution >= 0.6 is 0 Å². The maximum atomic E-state index is 5.18. The zero-order valence-electron chi connectivity index (χ0n) is 10.8. The predicted octanol–water partition coefficient (Wildman–Crippen LogP) is 4.01. The van der Waals surface area contributed by atoms with Gasteiger partial charge >= 0.3 is 0 Å². The van der Waals surface area contributed by atoms with E-state index in [2.05, 4.69) is 24.0 Å². The summed E-state index contributed by atoms with van der Waals surface area (Å²) in [6.07, 6.45) is 2.91. The highest BCUT2D eigenvalue weighted by molar-refractivity contribution is 5.82. The van der Waals surface area contributed by atoms with E-state index < -0.39 is 0 Å². The predicted molar refractivity (Wildman–Crippen MR) is 76.1 cm³/mol.